The van der Waals surface area contributed by atoms with Gasteiger partial charge >= 0.3 is 6.18 Å². The molecule has 0 radical (unpaired) electrons. The van der Waals surface area contributed by atoms with E-state index in [0.717, 1.165) is 29.2 Å². The van der Waals surface area contributed by atoms with E-state index in [1.54, 1.807) is 0 Å². The van der Waals surface area contributed by atoms with Crippen LogP contribution in [0.15, 0.2) is 42.5 Å². The van der Waals surface area contributed by atoms with Crippen molar-refractivity contribution in [2.45, 2.75) is 38.0 Å². The van der Waals surface area contributed by atoms with E-state index in [-0.39, 0.29) is 36.1 Å². The smallest absolute Gasteiger partial charge is 0.345 e. The first-order chi connectivity index (χ1) is 17.0. The van der Waals surface area contributed by atoms with Gasteiger partial charge in [-0.1, -0.05) is 18.2 Å². The molecule has 2 heterocycles. The summed E-state index contributed by atoms with van der Waals surface area (Å²) in [5, 5.41) is 4.48. The van der Waals surface area contributed by atoms with Crippen LogP contribution in [-0.2, 0) is 38.3 Å². The molecule has 0 aromatic heterocycles. The molecule has 1 fully saturated rings. The zero-order valence-corrected chi connectivity index (χ0v) is 18.5. The van der Waals surface area contributed by atoms with Crippen LogP contribution in [0.25, 0.3) is 0 Å². The topological polar surface area (TPSA) is 130 Å². The Morgan fingerprint density at radius 2 is 1.58 bits per heavy atom. The molecule has 9 nitrogen and oxygen atoms in total. The SMILES string of the molecule is O=C1CCC(N2C(=O)c3ccc(CNC(=O)C(=O)Cc4ccc(C(F)(F)F)cc4)cc3C2=O)C(=O)N1. The third-order valence-corrected chi connectivity index (χ3v) is 5.86. The van der Waals surface area contributed by atoms with Crippen LogP contribution in [0.1, 0.15) is 50.2 Å². The molecule has 1 saturated heterocycles. The second-order valence-corrected chi connectivity index (χ2v) is 8.30. The zero-order valence-electron chi connectivity index (χ0n) is 18.5. The molecule has 1 unspecified atom stereocenters. The summed E-state index contributed by atoms with van der Waals surface area (Å²) in [7, 11) is 0. The van der Waals surface area contributed by atoms with Crippen LogP contribution >= 0.6 is 0 Å². The minimum atomic E-state index is -4.51. The number of ketones is 1. The van der Waals surface area contributed by atoms with Gasteiger partial charge in [-0.3, -0.25) is 39.0 Å². The monoisotopic (exact) mass is 501 g/mol. The number of nitrogens with one attached hydrogen (secondary N) is 2. The molecule has 0 spiro atoms. The van der Waals surface area contributed by atoms with Crippen LogP contribution in [-0.4, -0.2) is 46.3 Å². The number of nitrogens with zero attached hydrogens (tertiary/aromatic N) is 1. The number of piperidine rings is 1. The van der Waals surface area contributed by atoms with E-state index in [1.165, 1.54) is 18.2 Å². The van der Waals surface area contributed by atoms with Crippen molar-refractivity contribution in [1.29, 1.82) is 0 Å². The van der Waals surface area contributed by atoms with Crippen molar-refractivity contribution in [2.24, 2.45) is 0 Å². The first-order valence-corrected chi connectivity index (χ1v) is 10.8. The van der Waals surface area contributed by atoms with Gasteiger partial charge in [0.05, 0.1) is 16.7 Å². The van der Waals surface area contributed by atoms with Gasteiger partial charge in [-0.25, -0.2) is 0 Å². The molecule has 2 aromatic rings. The molecule has 2 aliphatic rings. The Kier molecular flexibility index (Phi) is 6.44. The lowest BCUT2D eigenvalue weighted by molar-refractivity contribution is -0.138. The molecule has 0 saturated carbocycles. The van der Waals surface area contributed by atoms with E-state index < -0.39 is 59.5 Å². The fourth-order valence-electron chi connectivity index (χ4n) is 3.99. The van der Waals surface area contributed by atoms with Gasteiger partial charge in [0.1, 0.15) is 6.04 Å². The summed E-state index contributed by atoms with van der Waals surface area (Å²) in [4.78, 5) is 74.2. The van der Waals surface area contributed by atoms with Crippen LogP contribution in [0.2, 0.25) is 0 Å². The number of carbonyl (C=O) groups is 6. The van der Waals surface area contributed by atoms with Crippen LogP contribution in [0.3, 0.4) is 0 Å². The maximum atomic E-state index is 12.8. The van der Waals surface area contributed by atoms with Crippen molar-refractivity contribution < 1.29 is 41.9 Å². The molecule has 2 aromatic carbocycles. The molecular formula is C24H18F3N3O6. The number of halogens is 3. The summed E-state index contributed by atoms with van der Waals surface area (Å²) < 4.78 is 37.9. The van der Waals surface area contributed by atoms with Gasteiger partial charge in [-0.15, -0.1) is 0 Å². The molecular weight excluding hydrogens is 483 g/mol. The van der Waals surface area contributed by atoms with Gasteiger partial charge in [0, 0.05) is 19.4 Å². The molecule has 2 aliphatic heterocycles. The van der Waals surface area contributed by atoms with Gasteiger partial charge < -0.3 is 5.32 Å². The fraction of sp³-hybridized carbons (Fsp3) is 0.250. The first kappa shape index (κ1) is 24.8. The van der Waals surface area contributed by atoms with E-state index in [9.17, 15) is 41.9 Å². The number of imide groups is 2. The lowest BCUT2D eigenvalue weighted by Gasteiger charge is -2.27. The zero-order chi connectivity index (χ0) is 26.2. The molecule has 12 heteroatoms. The standard InChI is InChI=1S/C24H18F3N3O6/c25-24(26,27)14-4-1-12(2-5-14)10-18(31)21(34)28-11-13-3-6-15-16(9-13)23(36)30(22(15)35)17-7-8-19(32)29-20(17)33/h1-6,9,17H,7-8,10-11H2,(H,28,34)(H,29,32,33). The van der Waals surface area contributed by atoms with Crippen molar-refractivity contribution in [3.63, 3.8) is 0 Å². The summed E-state index contributed by atoms with van der Waals surface area (Å²) in [6, 6.07) is 6.97. The molecule has 186 valence electrons. The number of amides is 5. The largest absolute Gasteiger partial charge is 0.416 e. The van der Waals surface area contributed by atoms with Crippen LogP contribution in [0.4, 0.5) is 13.2 Å². The van der Waals surface area contributed by atoms with Gasteiger partial charge in [-0.2, -0.15) is 13.2 Å². The van der Waals surface area contributed by atoms with Gasteiger partial charge in [0.2, 0.25) is 17.6 Å². The van der Waals surface area contributed by atoms with Crippen LogP contribution in [0, 0.1) is 0 Å². The lowest BCUT2D eigenvalue weighted by Crippen LogP contribution is -2.54. The average Bonchev–Trinajstić information content (AvgIpc) is 3.07. The van der Waals surface area contributed by atoms with E-state index in [2.05, 4.69) is 10.6 Å². The average molecular weight is 501 g/mol. The minimum Gasteiger partial charge on any atom is -0.345 e. The molecule has 36 heavy (non-hydrogen) atoms. The highest BCUT2D eigenvalue weighted by atomic mass is 19.4. The van der Waals surface area contributed by atoms with Gasteiger partial charge in [-0.05, 0) is 41.8 Å². The van der Waals surface area contributed by atoms with E-state index in [1.807, 2.05) is 0 Å². The lowest BCUT2D eigenvalue weighted by atomic mass is 10.0. The quantitative estimate of drug-likeness (QED) is 0.456. The Bertz CT molecular complexity index is 1300. The molecule has 0 aliphatic carbocycles. The highest BCUT2D eigenvalue weighted by molar-refractivity contribution is 6.36. The van der Waals surface area contributed by atoms with Crippen molar-refractivity contribution in [2.75, 3.05) is 0 Å². The normalized spacial score (nSPS) is 17.6. The van der Waals surface area contributed by atoms with Crippen molar-refractivity contribution in [1.82, 2.24) is 15.5 Å². The Morgan fingerprint density at radius 1 is 0.944 bits per heavy atom. The Labute approximate surface area is 201 Å². The van der Waals surface area contributed by atoms with Gasteiger partial charge in [0.25, 0.3) is 17.7 Å². The number of carbonyl (C=O) groups excluding carboxylic acids is 6. The summed E-state index contributed by atoms with van der Waals surface area (Å²) in [5.74, 6) is -4.45. The third kappa shape index (κ3) is 4.88. The molecule has 4 rings (SSSR count). The first-order valence-electron chi connectivity index (χ1n) is 10.8. The summed E-state index contributed by atoms with van der Waals surface area (Å²) in [6.45, 7) is -0.162. The molecule has 5 amide bonds. The summed E-state index contributed by atoms with van der Waals surface area (Å²) in [6.07, 6.45) is -4.91. The number of alkyl halides is 3. The number of Topliss-reactive ketones (excluding diaryl/α,β-unsaturated/α-hetero) is 1. The van der Waals surface area contributed by atoms with Crippen LogP contribution < -0.4 is 10.6 Å². The van der Waals surface area contributed by atoms with Crippen molar-refractivity contribution in [3.8, 4) is 0 Å². The maximum absolute atomic E-state index is 12.8. The Hall–Kier alpha value is -4.35. The van der Waals surface area contributed by atoms with E-state index in [4.69, 9.17) is 0 Å². The number of rotatable bonds is 6. The molecule has 2 N–H and O–H groups in total. The van der Waals surface area contributed by atoms with E-state index >= 15 is 0 Å². The number of hydrogen-bond acceptors (Lipinski definition) is 6. The maximum Gasteiger partial charge on any atom is 0.416 e. The van der Waals surface area contributed by atoms with Crippen LogP contribution in [0.5, 0.6) is 0 Å². The number of benzene rings is 2. The molecule has 1 atom stereocenters. The number of fused-ring (bicyclic) bond motifs is 1. The predicted molar refractivity (Wildman–Crippen MR) is 115 cm³/mol. The highest BCUT2D eigenvalue weighted by Crippen LogP contribution is 2.30. The summed E-state index contributed by atoms with van der Waals surface area (Å²) in [5.41, 5.74) is -0.149. The predicted octanol–water partition coefficient (Wildman–Crippen LogP) is 1.53. The van der Waals surface area contributed by atoms with E-state index in [0.29, 0.717) is 5.56 Å². The second kappa shape index (κ2) is 9.36. The Morgan fingerprint density at radius 3 is 2.22 bits per heavy atom. The van der Waals surface area contributed by atoms with Crippen molar-refractivity contribution >= 4 is 35.3 Å². The summed E-state index contributed by atoms with van der Waals surface area (Å²) >= 11 is 0. The molecule has 0 bridgehead atoms. The number of hydrogen-bond donors (Lipinski definition) is 2. The fourth-order valence-corrected chi connectivity index (χ4v) is 3.99. The van der Waals surface area contributed by atoms with Crippen molar-refractivity contribution in [3.05, 3.63) is 70.3 Å². The third-order valence-electron chi connectivity index (χ3n) is 5.86. The minimum absolute atomic E-state index is 0.0123. The highest BCUT2D eigenvalue weighted by Gasteiger charge is 2.44. The van der Waals surface area contributed by atoms with Gasteiger partial charge in [0.15, 0.2) is 0 Å². The second-order valence-electron chi connectivity index (χ2n) is 8.30. The Balaban J connectivity index is 1.38.